The van der Waals surface area contributed by atoms with Crippen molar-refractivity contribution in [3.05, 3.63) is 87.4 Å². The predicted octanol–water partition coefficient (Wildman–Crippen LogP) is 4.73. The zero-order valence-electron chi connectivity index (χ0n) is 14.8. The zero-order chi connectivity index (χ0) is 19.8. The number of amides is 1. The van der Waals surface area contributed by atoms with Crippen molar-refractivity contribution < 1.29 is 14.7 Å². The lowest BCUT2D eigenvalue weighted by molar-refractivity contribution is -0.132. The molecule has 0 unspecified atom stereocenters. The van der Waals surface area contributed by atoms with Crippen molar-refractivity contribution >= 4 is 45.5 Å². The minimum Gasteiger partial charge on any atom is -0.507 e. The van der Waals surface area contributed by atoms with Gasteiger partial charge in [-0.3, -0.25) is 14.5 Å². The number of aliphatic hydroxyl groups is 1. The number of aromatic nitrogens is 1. The Bertz CT molecular complexity index is 1070. The van der Waals surface area contributed by atoms with Crippen LogP contribution in [0.1, 0.15) is 22.7 Å². The highest BCUT2D eigenvalue weighted by atomic mass is 35.5. The molecule has 0 saturated carbocycles. The number of ketones is 1. The summed E-state index contributed by atoms with van der Waals surface area (Å²) in [6.07, 6.45) is 1.57. The van der Waals surface area contributed by atoms with Crippen LogP contribution in [0.2, 0.25) is 5.02 Å². The third-order valence-corrected chi connectivity index (χ3v) is 5.60. The second kappa shape index (κ2) is 7.22. The van der Waals surface area contributed by atoms with E-state index in [0.717, 1.165) is 5.56 Å². The van der Waals surface area contributed by atoms with E-state index in [2.05, 4.69) is 4.98 Å². The molecule has 0 spiro atoms. The Hall–Kier alpha value is -2.96. The monoisotopic (exact) mass is 410 g/mol. The second-order valence-electron chi connectivity index (χ2n) is 6.40. The van der Waals surface area contributed by atoms with Crippen molar-refractivity contribution in [2.24, 2.45) is 0 Å². The van der Waals surface area contributed by atoms with Gasteiger partial charge in [-0.1, -0.05) is 53.6 Å². The molecule has 140 valence electrons. The van der Waals surface area contributed by atoms with E-state index in [1.165, 1.54) is 16.2 Å². The Morgan fingerprint density at radius 1 is 1.11 bits per heavy atom. The number of aliphatic hydroxyl groups excluding tert-OH is 1. The lowest BCUT2D eigenvalue weighted by Gasteiger charge is -2.23. The van der Waals surface area contributed by atoms with Crippen molar-refractivity contribution in [1.29, 1.82) is 0 Å². The molecule has 5 nitrogen and oxygen atoms in total. The van der Waals surface area contributed by atoms with Gasteiger partial charge < -0.3 is 5.11 Å². The van der Waals surface area contributed by atoms with Crippen LogP contribution in [0.3, 0.4) is 0 Å². The maximum atomic E-state index is 12.9. The number of hydrogen-bond acceptors (Lipinski definition) is 5. The molecule has 3 aromatic rings. The van der Waals surface area contributed by atoms with Gasteiger partial charge in [0, 0.05) is 22.2 Å². The van der Waals surface area contributed by atoms with Crippen LogP contribution in [0.25, 0.3) is 5.76 Å². The van der Waals surface area contributed by atoms with Crippen molar-refractivity contribution in [2.75, 3.05) is 4.90 Å². The zero-order valence-corrected chi connectivity index (χ0v) is 16.4. The van der Waals surface area contributed by atoms with E-state index in [1.54, 1.807) is 48.0 Å². The van der Waals surface area contributed by atoms with Gasteiger partial charge in [-0.15, -0.1) is 11.3 Å². The highest BCUT2D eigenvalue weighted by Gasteiger charge is 2.47. The van der Waals surface area contributed by atoms with Crippen LogP contribution >= 0.6 is 22.9 Å². The largest absolute Gasteiger partial charge is 0.507 e. The van der Waals surface area contributed by atoms with E-state index in [9.17, 15) is 14.7 Å². The van der Waals surface area contributed by atoms with E-state index in [0.29, 0.717) is 21.3 Å². The summed E-state index contributed by atoms with van der Waals surface area (Å²) in [5, 5.41) is 13.6. The van der Waals surface area contributed by atoms with Crippen LogP contribution in [0.15, 0.2) is 65.7 Å². The number of nitrogens with zero attached hydrogens (tertiary/aromatic N) is 2. The SMILES string of the molecule is Cc1ccc(/C(O)=C2\C(=O)C(=O)N(c3nccs3)[C@H]2c2ccc(Cl)cc2)cc1. The van der Waals surface area contributed by atoms with Gasteiger partial charge in [0.25, 0.3) is 5.78 Å². The summed E-state index contributed by atoms with van der Waals surface area (Å²) in [4.78, 5) is 31.2. The summed E-state index contributed by atoms with van der Waals surface area (Å²) in [5.41, 5.74) is 2.19. The maximum absolute atomic E-state index is 12.9. The van der Waals surface area contributed by atoms with Crippen LogP contribution in [-0.4, -0.2) is 21.8 Å². The quantitative estimate of drug-likeness (QED) is 0.385. The molecule has 1 amide bonds. The number of carbonyl (C=O) groups excluding carboxylic acids is 2. The minimum atomic E-state index is -0.787. The summed E-state index contributed by atoms with van der Waals surface area (Å²) in [6.45, 7) is 1.93. The molecule has 7 heteroatoms. The van der Waals surface area contributed by atoms with Gasteiger partial charge in [0.15, 0.2) is 5.13 Å². The fourth-order valence-corrected chi connectivity index (χ4v) is 3.99. The van der Waals surface area contributed by atoms with E-state index in [1.807, 2.05) is 19.1 Å². The molecule has 0 bridgehead atoms. The normalized spacial score (nSPS) is 18.6. The Morgan fingerprint density at radius 2 is 1.79 bits per heavy atom. The fourth-order valence-electron chi connectivity index (χ4n) is 3.19. The number of hydrogen-bond donors (Lipinski definition) is 1. The van der Waals surface area contributed by atoms with Gasteiger partial charge >= 0.3 is 5.91 Å². The fraction of sp³-hybridized carbons (Fsp3) is 0.0952. The average Bonchev–Trinajstić information content (AvgIpc) is 3.30. The van der Waals surface area contributed by atoms with Crippen LogP contribution in [0.5, 0.6) is 0 Å². The number of aryl methyl sites for hydroxylation is 1. The Balaban J connectivity index is 1.93. The van der Waals surface area contributed by atoms with Gasteiger partial charge in [-0.25, -0.2) is 4.98 Å². The van der Waals surface area contributed by atoms with Gasteiger partial charge in [-0.05, 0) is 24.6 Å². The molecule has 1 aromatic heterocycles. The average molecular weight is 411 g/mol. The van der Waals surface area contributed by atoms with E-state index >= 15 is 0 Å². The van der Waals surface area contributed by atoms with Crippen LogP contribution < -0.4 is 4.90 Å². The molecular weight excluding hydrogens is 396 g/mol. The predicted molar refractivity (Wildman–Crippen MR) is 110 cm³/mol. The highest BCUT2D eigenvalue weighted by Crippen LogP contribution is 2.42. The third kappa shape index (κ3) is 3.10. The summed E-state index contributed by atoms with van der Waals surface area (Å²) >= 11 is 7.25. The lowest BCUT2D eigenvalue weighted by Crippen LogP contribution is -2.29. The number of rotatable bonds is 3. The third-order valence-electron chi connectivity index (χ3n) is 4.58. The first-order valence-electron chi connectivity index (χ1n) is 8.50. The lowest BCUT2D eigenvalue weighted by atomic mass is 9.95. The van der Waals surface area contributed by atoms with Crippen molar-refractivity contribution in [3.63, 3.8) is 0 Å². The Kier molecular flexibility index (Phi) is 4.75. The van der Waals surface area contributed by atoms with Crippen LogP contribution in [0.4, 0.5) is 5.13 Å². The molecule has 2 aromatic carbocycles. The summed E-state index contributed by atoms with van der Waals surface area (Å²) in [7, 11) is 0. The molecule has 1 fully saturated rings. The first kappa shape index (κ1) is 18.4. The van der Waals surface area contributed by atoms with Crippen molar-refractivity contribution in [2.45, 2.75) is 13.0 Å². The number of carbonyl (C=O) groups is 2. The molecule has 1 aliphatic rings. The van der Waals surface area contributed by atoms with Crippen molar-refractivity contribution in [3.8, 4) is 0 Å². The molecule has 28 heavy (non-hydrogen) atoms. The molecule has 0 radical (unpaired) electrons. The second-order valence-corrected chi connectivity index (χ2v) is 7.71. The smallest absolute Gasteiger partial charge is 0.301 e. The summed E-state index contributed by atoms with van der Waals surface area (Å²) < 4.78 is 0. The number of benzene rings is 2. The van der Waals surface area contributed by atoms with Gasteiger partial charge in [0.2, 0.25) is 0 Å². The number of anilines is 1. The summed E-state index contributed by atoms with van der Waals surface area (Å²) in [5.74, 6) is -1.67. The number of halogens is 1. The molecule has 1 N–H and O–H groups in total. The number of Topliss-reactive ketones (excluding diaryl/α,β-unsaturated/α-hetero) is 1. The molecule has 1 atom stereocenters. The minimum absolute atomic E-state index is 0.0337. The Labute approximate surface area is 170 Å². The standard InChI is InChI=1S/C21H15ClN2O3S/c1-12-2-4-14(5-3-12)18(25)16-17(13-6-8-15(22)9-7-13)24(20(27)19(16)26)21-23-10-11-28-21/h2-11,17,25H,1H3/b18-16+/t17-/m0/s1. The first-order valence-corrected chi connectivity index (χ1v) is 9.76. The molecular formula is C21H15ClN2O3S. The van der Waals surface area contributed by atoms with E-state index < -0.39 is 17.7 Å². The van der Waals surface area contributed by atoms with Gasteiger partial charge in [-0.2, -0.15) is 0 Å². The number of thiazole rings is 1. The van der Waals surface area contributed by atoms with Gasteiger partial charge in [0.1, 0.15) is 5.76 Å². The van der Waals surface area contributed by atoms with Gasteiger partial charge in [0.05, 0.1) is 11.6 Å². The topological polar surface area (TPSA) is 70.5 Å². The molecule has 2 heterocycles. The molecule has 1 aliphatic heterocycles. The van der Waals surface area contributed by atoms with Crippen LogP contribution in [0, 0.1) is 6.92 Å². The van der Waals surface area contributed by atoms with E-state index in [-0.39, 0.29) is 11.3 Å². The summed E-state index contributed by atoms with van der Waals surface area (Å²) in [6, 6.07) is 13.2. The van der Waals surface area contributed by atoms with Crippen LogP contribution in [-0.2, 0) is 9.59 Å². The highest BCUT2D eigenvalue weighted by molar-refractivity contribution is 7.14. The molecule has 4 rings (SSSR count). The Morgan fingerprint density at radius 3 is 2.39 bits per heavy atom. The molecule has 1 saturated heterocycles. The maximum Gasteiger partial charge on any atom is 0.301 e. The molecule has 0 aliphatic carbocycles. The van der Waals surface area contributed by atoms with Crippen molar-refractivity contribution in [1.82, 2.24) is 4.98 Å². The van der Waals surface area contributed by atoms with E-state index in [4.69, 9.17) is 11.6 Å². The first-order chi connectivity index (χ1) is 13.5.